The van der Waals surface area contributed by atoms with Crippen LogP contribution in [0.1, 0.15) is 37.9 Å². The number of nitrogens with one attached hydrogen (secondary N) is 1. The summed E-state index contributed by atoms with van der Waals surface area (Å²) in [6, 6.07) is 10.8. The molecule has 2 aliphatic rings. The fraction of sp³-hybridized carbons (Fsp3) is 0.562. The van der Waals surface area contributed by atoms with Crippen LogP contribution < -0.4 is 5.32 Å². The maximum absolute atomic E-state index is 12.7. The van der Waals surface area contributed by atoms with Crippen LogP contribution in [0.15, 0.2) is 30.3 Å². The van der Waals surface area contributed by atoms with E-state index in [1.54, 1.807) is 0 Å². The minimum absolute atomic E-state index is 0.00388. The Balaban J connectivity index is 1.87. The van der Waals surface area contributed by atoms with Crippen LogP contribution in [0.5, 0.6) is 0 Å². The van der Waals surface area contributed by atoms with Crippen molar-refractivity contribution in [3.8, 4) is 0 Å². The van der Waals surface area contributed by atoms with Crippen LogP contribution in [-0.4, -0.2) is 34.4 Å². The van der Waals surface area contributed by atoms with Crippen molar-refractivity contribution >= 4 is 17.7 Å². The van der Waals surface area contributed by atoms with Gasteiger partial charge in [-0.25, -0.2) is 0 Å². The molecule has 1 N–H and O–H groups in total. The molecule has 108 valence electrons. The van der Waals surface area contributed by atoms with Gasteiger partial charge in [0.15, 0.2) is 0 Å². The number of amides is 1. The molecule has 20 heavy (non-hydrogen) atoms. The molecule has 3 rings (SSSR count). The number of benzene rings is 1. The van der Waals surface area contributed by atoms with Gasteiger partial charge in [0, 0.05) is 11.8 Å². The Morgan fingerprint density at radius 3 is 2.80 bits per heavy atom. The van der Waals surface area contributed by atoms with Crippen molar-refractivity contribution < 1.29 is 4.79 Å². The molecule has 3 nitrogen and oxygen atoms in total. The number of thioether (sulfide) groups is 1. The summed E-state index contributed by atoms with van der Waals surface area (Å²) in [7, 11) is 0. The van der Waals surface area contributed by atoms with Crippen LogP contribution >= 0.6 is 11.8 Å². The number of hydrogen-bond acceptors (Lipinski definition) is 3. The molecule has 1 aromatic carbocycles. The maximum atomic E-state index is 12.7. The van der Waals surface area contributed by atoms with Crippen molar-refractivity contribution in [3.63, 3.8) is 0 Å². The van der Waals surface area contributed by atoms with Crippen molar-refractivity contribution in [2.24, 2.45) is 0 Å². The average molecular weight is 290 g/mol. The standard InChI is InChI=1S/C16H22N2OS/c1-2-6-14-16(19)18(13-9-10-20-11-13)15(17-14)12-7-4-3-5-8-12/h3-5,7-8,13-15,17H,2,6,9-11H2,1H3. The first kappa shape index (κ1) is 14.0. The van der Waals surface area contributed by atoms with E-state index in [1.165, 1.54) is 11.3 Å². The number of rotatable bonds is 4. The highest BCUT2D eigenvalue weighted by atomic mass is 32.2. The van der Waals surface area contributed by atoms with Gasteiger partial charge in [0.25, 0.3) is 0 Å². The Morgan fingerprint density at radius 1 is 1.35 bits per heavy atom. The van der Waals surface area contributed by atoms with Gasteiger partial charge in [-0.2, -0.15) is 11.8 Å². The molecule has 4 heteroatoms. The summed E-state index contributed by atoms with van der Waals surface area (Å²) in [5.41, 5.74) is 1.20. The lowest BCUT2D eigenvalue weighted by atomic mass is 10.1. The molecule has 3 unspecified atom stereocenters. The first-order chi connectivity index (χ1) is 9.81. The van der Waals surface area contributed by atoms with E-state index in [0.29, 0.717) is 11.9 Å². The SMILES string of the molecule is CCCC1NC(c2ccccc2)N(C2CCSC2)C1=O. The normalized spacial score (nSPS) is 30.1. The van der Waals surface area contributed by atoms with Crippen LogP contribution in [0.2, 0.25) is 0 Å². The minimum atomic E-state index is -0.00388. The lowest BCUT2D eigenvalue weighted by Crippen LogP contribution is -2.40. The van der Waals surface area contributed by atoms with Crippen LogP contribution in [0.3, 0.4) is 0 Å². The van der Waals surface area contributed by atoms with Crippen molar-refractivity contribution in [2.75, 3.05) is 11.5 Å². The van der Waals surface area contributed by atoms with Gasteiger partial charge in [-0.15, -0.1) is 0 Å². The van der Waals surface area contributed by atoms with Gasteiger partial charge < -0.3 is 4.90 Å². The smallest absolute Gasteiger partial charge is 0.241 e. The van der Waals surface area contributed by atoms with Crippen molar-refractivity contribution in [1.82, 2.24) is 10.2 Å². The summed E-state index contributed by atoms with van der Waals surface area (Å²) in [6.45, 7) is 2.14. The maximum Gasteiger partial charge on any atom is 0.241 e. The predicted molar refractivity (Wildman–Crippen MR) is 83.6 cm³/mol. The lowest BCUT2D eigenvalue weighted by molar-refractivity contribution is -0.132. The topological polar surface area (TPSA) is 32.3 Å². The number of carbonyl (C=O) groups excluding carboxylic acids is 1. The van der Waals surface area contributed by atoms with E-state index in [0.717, 1.165) is 25.0 Å². The largest absolute Gasteiger partial charge is 0.318 e. The Morgan fingerprint density at radius 2 is 2.15 bits per heavy atom. The second-order valence-electron chi connectivity index (χ2n) is 5.58. The Labute approximate surface area is 125 Å². The molecule has 0 aromatic heterocycles. The Hall–Kier alpha value is -1.00. The summed E-state index contributed by atoms with van der Waals surface area (Å²) in [4.78, 5) is 14.8. The molecule has 1 amide bonds. The van der Waals surface area contributed by atoms with Gasteiger partial charge in [-0.1, -0.05) is 43.7 Å². The van der Waals surface area contributed by atoms with E-state index in [9.17, 15) is 4.79 Å². The zero-order chi connectivity index (χ0) is 13.9. The monoisotopic (exact) mass is 290 g/mol. The highest BCUT2D eigenvalue weighted by Gasteiger charge is 2.43. The fourth-order valence-electron chi connectivity index (χ4n) is 3.17. The van der Waals surface area contributed by atoms with Crippen LogP contribution in [0.4, 0.5) is 0 Å². The molecule has 2 fully saturated rings. The highest BCUT2D eigenvalue weighted by molar-refractivity contribution is 7.99. The second kappa shape index (κ2) is 6.19. The number of nitrogens with zero attached hydrogens (tertiary/aromatic N) is 1. The predicted octanol–water partition coefficient (Wildman–Crippen LogP) is 2.79. The first-order valence-corrected chi connectivity index (χ1v) is 8.67. The molecule has 0 saturated carbocycles. The minimum Gasteiger partial charge on any atom is -0.318 e. The molecule has 2 aliphatic heterocycles. The van der Waals surface area contributed by atoms with E-state index in [4.69, 9.17) is 0 Å². The molecule has 0 aliphatic carbocycles. The Kier molecular flexibility index (Phi) is 4.32. The first-order valence-electron chi connectivity index (χ1n) is 7.52. The quantitative estimate of drug-likeness (QED) is 0.925. The molecule has 2 heterocycles. The third-order valence-corrected chi connectivity index (χ3v) is 5.33. The molecule has 0 radical (unpaired) electrons. The van der Waals surface area contributed by atoms with Gasteiger partial charge in [0.1, 0.15) is 6.17 Å². The zero-order valence-corrected chi connectivity index (χ0v) is 12.7. The summed E-state index contributed by atoms with van der Waals surface area (Å²) in [6.07, 6.45) is 3.15. The van der Waals surface area contributed by atoms with E-state index in [1.807, 2.05) is 17.8 Å². The van der Waals surface area contributed by atoms with E-state index in [-0.39, 0.29) is 12.2 Å². The number of carbonyl (C=O) groups is 1. The van der Waals surface area contributed by atoms with E-state index < -0.39 is 0 Å². The number of hydrogen-bond donors (Lipinski definition) is 1. The average Bonchev–Trinajstić information content (AvgIpc) is 3.09. The van der Waals surface area contributed by atoms with Gasteiger partial charge in [0.2, 0.25) is 5.91 Å². The summed E-state index contributed by atoms with van der Waals surface area (Å²) in [5, 5.41) is 3.55. The van der Waals surface area contributed by atoms with Gasteiger partial charge in [0.05, 0.1) is 6.04 Å². The van der Waals surface area contributed by atoms with Crippen LogP contribution in [-0.2, 0) is 4.79 Å². The molecular weight excluding hydrogens is 268 g/mol. The zero-order valence-electron chi connectivity index (χ0n) is 11.9. The fourth-order valence-corrected chi connectivity index (χ4v) is 4.37. The van der Waals surface area contributed by atoms with Crippen molar-refractivity contribution in [1.29, 1.82) is 0 Å². The Bertz CT molecular complexity index is 459. The van der Waals surface area contributed by atoms with Crippen molar-refractivity contribution in [2.45, 2.75) is 44.4 Å². The highest BCUT2D eigenvalue weighted by Crippen LogP contribution is 2.34. The molecule has 3 atom stereocenters. The van der Waals surface area contributed by atoms with Gasteiger partial charge in [-0.05, 0) is 24.2 Å². The molecule has 2 saturated heterocycles. The van der Waals surface area contributed by atoms with E-state index >= 15 is 0 Å². The van der Waals surface area contributed by atoms with Crippen molar-refractivity contribution in [3.05, 3.63) is 35.9 Å². The van der Waals surface area contributed by atoms with Gasteiger partial charge in [-0.3, -0.25) is 10.1 Å². The van der Waals surface area contributed by atoms with Crippen LogP contribution in [0.25, 0.3) is 0 Å². The summed E-state index contributed by atoms with van der Waals surface area (Å²) < 4.78 is 0. The van der Waals surface area contributed by atoms with Crippen LogP contribution in [0, 0.1) is 0 Å². The third-order valence-electron chi connectivity index (χ3n) is 4.18. The molecular formula is C16H22N2OS. The summed E-state index contributed by atoms with van der Waals surface area (Å²) >= 11 is 1.96. The second-order valence-corrected chi connectivity index (χ2v) is 6.73. The molecule has 0 bridgehead atoms. The lowest BCUT2D eigenvalue weighted by Gasteiger charge is -2.30. The molecule has 1 aromatic rings. The van der Waals surface area contributed by atoms with Gasteiger partial charge >= 0.3 is 0 Å². The van der Waals surface area contributed by atoms with E-state index in [2.05, 4.69) is 41.4 Å². The molecule has 0 spiro atoms. The third kappa shape index (κ3) is 2.59. The summed E-state index contributed by atoms with van der Waals surface area (Å²) in [5.74, 6) is 2.55.